The Balaban J connectivity index is 3.93. The van der Waals surface area contributed by atoms with Gasteiger partial charge in [0, 0.05) is 12.4 Å². The van der Waals surface area contributed by atoms with Gasteiger partial charge in [-0.1, -0.05) is 52.4 Å². The van der Waals surface area contributed by atoms with Crippen molar-refractivity contribution in [2.45, 2.75) is 78.1 Å². The van der Waals surface area contributed by atoms with Crippen LogP contribution in [0.3, 0.4) is 0 Å². The zero-order chi connectivity index (χ0) is 16.5. The Labute approximate surface area is 134 Å². The number of rotatable bonds is 12. The molecular weight excluding hydrogens is 276 g/mol. The smallest absolute Gasteiger partial charge is 0.190 e. The molecular formula is C16H32N6. The number of hydrogen-bond acceptors (Lipinski definition) is 4. The summed E-state index contributed by atoms with van der Waals surface area (Å²) in [5, 5.41) is 15.4. The lowest BCUT2D eigenvalue weighted by Gasteiger charge is -1.95. The van der Waals surface area contributed by atoms with Crippen molar-refractivity contribution in [1.82, 2.24) is 0 Å². The summed E-state index contributed by atoms with van der Waals surface area (Å²) in [6.45, 7) is 4.38. The van der Waals surface area contributed by atoms with Crippen LogP contribution in [0, 0.1) is 0 Å². The van der Waals surface area contributed by atoms with Crippen molar-refractivity contribution in [1.29, 1.82) is 0 Å². The minimum atomic E-state index is 0.105. The molecule has 0 saturated carbocycles. The van der Waals surface area contributed by atoms with Gasteiger partial charge in [0.15, 0.2) is 11.7 Å². The monoisotopic (exact) mass is 308 g/mol. The predicted octanol–water partition coefficient (Wildman–Crippen LogP) is 3.61. The highest BCUT2D eigenvalue weighted by molar-refractivity contribution is 6.39. The van der Waals surface area contributed by atoms with Crippen molar-refractivity contribution in [2.75, 3.05) is 0 Å². The second kappa shape index (κ2) is 15.7. The maximum absolute atomic E-state index is 5.67. The number of amidine groups is 2. The van der Waals surface area contributed by atoms with Crippen molar-refractivity contribution < 1.29 is 0 Å². The van der Waals surface area contributed by atoms with Gasteiger partial charge in [0.25, 0.3) is 0 Å². The first-order valence-corrected chi connectivity index (χ1v) is 8.42. The minimum Gasteiger partial charge on any atom is -0.379 e. The average Bonchev–Trinajstić information content (AvgIpc) is 2.52. The Morgan fingerprint density at radius 2 is 1.09 bits per heavy atom. The molecule has 0 aliphatic rings. The quantitative estimate of drug-likeness (QED) is 0.249. The van der Waals surface area contributed by atoms with Gasteiger partial charge in [-0.3, -0.25) is 0 Å². The Morgan fingerprint density at radius 3 is 1.45 bits per heavy atom. The number of hydrogen-bond donors (Lipinski definition) is 2. The molecule has 0 spiro atoms. The standard InChI is InChI=1S/C16H32N6/c1-3-5-7-9-11-13-19-21-15(17)16(18)22-20-14-12-10-8-6-4-2/h13-14H,3-12H2,1-2H3,(H2,17,21)(H2,18,22)/b19-13+,20-14+. The van der Waals surface area contributed by atoms with E-state index in [-0.39, 0.29) is 11.7 Å². The molecule has 6 nitrogen and oxygen atoms in total. The fraction of sp³-hybridized carbons (Fsp3) is 0.750. The molecule has 0 aromatic rings. The zero-order valence-corrected chi connectivity index (χ0v) is 14.2. The van der Waals surface area contributed by atoms with Crippen molar-refractivity contribution >= 4 is 24.1 Å². The van der Waals surface area contributed by atoms with Crippen molar-refractivity contribution in [3.63, 3.8) is 0 Å². The van der Waals surface area contributed by atoms with E-state index in [1.165, 1.54) is 38.5 Å². The van der Waals surface area contributed by atoms with E-state index in [9.17, 15) is 0 Å². The Kier molecular flexibility index (Phi) is 14.4. The second-order valence-corrected chi connectivity index (χ2v) is 5.27. The molecule has 6 heteroatoms. The van der Waals surface area contributed by atoms with Gasteiger partial charge in [-0.05, 0) is 25.7 Å². The SMILES string of the molecule is CCCCCC/C=N/N=C(N)C(N)=N/N=C/CCCCCC. The fourth-order valence-corrected chi connectivity index (χ4v) is 1.75. The lowest BCUT2D eigenvalue weighted by molar-refractivity contribution is 0.685. The molecule has 0 atom stereocenters. The zero-order valence-electron chi connectivity index (χ0n) is 14.2. The van der Waals surface area contributed by atoms with Crippen LogP contribution in [0.15, 0.2) is 20.4 Å². The summed E-state index contributed by atoms with van der Waals surface area (Å²) >= 11 is 0. The van der Waals surface area contributed by atoms with E-state index in [1.54, 1.807) is 12.4 Å². The molecule has 0 aromatic heterocycles. The van der Waals surface area contributed by atoms with E-state index < -0.39 is 0 Å². The van der Waals surface area contributed by atoms with Crippen LogP contribution in [0.1, 0.15) is 78.1 Å². The van der Waals surface area contributed by atoms with E-state index in [0.29, 0.717) is 0 Å². The molecule has 0 aromatic carbocycles. The van der Waals surface area contributed by atoms with Crippen LogP contribution in [-0.2, 0) is 0 Å². The number of unbranched alkanes of at least 4 members (excludes halogenated alkanes) is 8. The first kappa shape index (κ1) is 20.3. The van der Waals surface area contributed by atoms with Gasteiger partial charge in [-0.25, -0.2) is 0 Å². The van der Waals surface area contributed by atoms with Crippen LogP contribution < -0.4 is 11.5 Å². The molecule has 0 saturated heterocycles. The number of nitrogens with two attached hydrogens (primary N) is 2. The summed E-state index contributed by atoms with van der Waals surface area (Å²) in [7, 11) is 0. The number of nitrogens with zero attached hydrogens (tertiary/aromatic N) is 4. The van der Waals surface area contributed by atoms with Crippen LogP contribution in [0.2, 0.25) is 0 Å². The first-order valence-electron chi connectivity index (χ1n) is 8.42. The molecule has 0 radical (unpaired) electrons. The van der Waals surface area contributed by atoms with Gasteiger partial charge >= 0.3 is 0 Å². The maximum Gasteiger partial charge on any atom is 0.190 e. The third-order valence-corrected chi connectivity index (χ3v) is 3.13. The summed E-state index contributed by atoms with van der Waals surface area (Å²) in [6, 6.07) is 0. The lowest BCUT2D eigenvalue weighted by Crippen LogP contribution is -2.30. The van der Waals surface area contributed by atoms with Crippen LogP contribution in [0.25, 0.3) is 0 Å². The van der Waals surface area contributed by atoms with Gasteiger partial charge in [-0.15, -0.1) is 10.2 Å². The van der Waals surface area contributed by atoms with Crippen molar-refractivity contribution in [3.8, 4) is 0 Å². The molecule has 0 amide bonds. The van der Waals surface area contributed by atoms with Gasteiger partial charge < -0.3 is 11.5 Å². The normalized spacial score (nSPS) is 13.5. The van der Waals surface area contributed by atoms with Gasteiger partial charge in [0.2, 0.25) is 0 Å². The summed E-state index contributed by atoms with van der Waals surface area (Å²) < 4.78 is 0. The molecule has 0 fully saturated rings. The molecule has 126 valence electrons. The second-order valence-electron chi connectivity index (χ2n) is 5.27. The molecule has 0 bridgehead atoms. The van der Waals surface area contributed by atoms with Crippen LogP contribution in [0.4, 0.5) is 0 Å². The van der Waals surface area contributed by atoms with E-state index in [1.807, 2.05) is 0 Å². The van der Waals surface area contributed by atoms with E-state index in [2.05, 4.69) is 34.3 Å². The summed E-state index contributed by atoms with van der Waals surface area (Å²) in [6.07, 6.45) is 15.0. The maximum atomic E-state index is 5.67. The predicted molar refractivity (Wildman–Crippen MR) is 97.7 cm³/mol. The molecule has 22 heavy (non-hydrogen) atoms. The molecule has 0 rings (SSSR count). The Hall–Kier alpha value is -1.72. The summed E-state index contributed by atoms with van der Waals surface area (Å²) in [4.78, 5) is 0. The molecule has 0 heterocycles. The van der Waals surface area contributed by atoms with E-state index in [4.69, 9.17) is 11.5 Å². The Morgan fingerprint density at radius 1 is 0.682 bits per heavy atom. The van der Waals surface area contributed by atoms with Gasteiger partial charge in [-0.2, -0.15) is 10.2 Å². The van der Waals surface area contributed by atoms with Crippen LogP contribution >= 0.6 is 0 Å². The topological polar surface area (TPSA) is 101 Å². The van der Waals surface area contributed by atoms with Crippen molar-refractivity contribution in [2.24, 2.45) is 31.9 Å². The highest BCUT2D eigenvalue weighted by Gasteiger charge is 1.96. The summed E-state index contributed by atoms with van der Waals surface area (Å²) in [5.74, 6) is 0.209. The average molecular weight is 308 g/mol. The third kappa shape index (κ3) is 13.3. The minimum absolute atomic E-state index is 0.105. The molecule has 0 unspecified atom stereocenters. The largest absolute Gasteiger partial charge is 0.379 e. The molecule has 4 N–H and O–H groups in total. The summed E-state index contributed by atoms with van der Waals surface area (Å²) in [5.41, 5.74) is 11.3. The molecule has 0 aliphatic carbocycles. The van der Waals surface area contributed by atoms with Gasteiger partial charge in [0.1, 0.15) is 0 Å². The molecule has 0 aliphatic heterocycles. The third-order valence-electron chi connectivity index (χ3n) is 3.13. The fourth-order valence-electron chi connectivity index (χ4n) is 1.75. The first-order chi connectivity index (χ1) is 10.7. The van der Waals surface area contributed by atoms with E-state index in [0.717, 1.165) is 25.7 Å². The highest BCUT2D eigenvalue weighted by atomic mass is 15.3. The Bertz CT molecular complexity index is 335. The van der Waals surface area contributed by atoms with Crippen LogP contribution in [-0.4, -0.2) is 24.1 Å². The van der Waals surface area contributed by atoms with Gasteiger partial charge in [0.05, 0.1) is 0 Å². The van der Waals surface area contributed by atoms with Crippen molar-refractivity contribution in [3.05, 3.63) is 0 Å². The lowest BCUT2D eigenvalue weighted by atomic mass is 10.2. The highest BCUT2D eigenvalue weighted by Crippen LogP contribution is 2.01. The van der Waals surface area contributed by atoms with Crippen LogP contribution in [0.5, 0.6) is 0 Å². The van der Waals surface area contributed by atoms with E-state index >= 15 is 0 Å².